The Morgan fingerprint density at radius 2 is 1.86 bits per heavy atom. The monoisotopic (exact) mass is 516 g/mol. The number of fused-ring (bicyclic) bond motifs is 2. The molecule has 10 nitrogen and oxygen atoms in total. The Labute approximate surface area is 217 Å². The first-order chi connectivity index (χ1) is 17.8. The lowest BCUT2D eigenvalue weighted by molar-refractivity contribution is 0.0349. The van der Waals surface area contributed by atoms with Crippen molar-refractivity contribution in [3.63, 3.8) is 0 Å². The molecule has 0 unspecified atom stereocenters. The van der Waals surface area contributed by atoms with E-state index in [1.54, 1.807) is 24.7 Å². The molecule has 0 radical (unpaired) electrons. The minimum Gasteiger partial charge on any atom is -0.456 e. The average Bonchev–Trinajstić information content (AvgIpc) is 3.25. The largest absolute Gasteiger partial charge is 0.456 e. The van der Waals surface area contributed by atoms with E-state index in [4.69, 9.17) is 21.3 Å². The number of rotatable bonds is 5. The highest BCUT2D eigenvalue weighted by molar-refractivity contribution is 6.32. The van der Waals surface area contributed by atoms with Crippen LogP contribution in [0, 0.1) is 0 Å². The highest BCUT2D eigenvalue weighted by atomic mass is 35.5. The number of aromatic nitrogens is 6. The van der Waals surface area contributed by atoms with E-state index in [1.807, 2.05) is 42.8 Å². The summed E-state index contributed by atoms with van der Waals surface area (Å²) in [5.41, 5.74) is 3.18. The van der Waals surface area contributed by atoms with Crippen molar-refractivity contribution < 1.29 is 9.84 Å². The van der Waals surface area contributed by atoms with Gasteiger partial charge in [0.15, 0.2) is 5.82 Å². The summed E-state index contributed by atoms with van der Waals surface area (Å²) in [5, 5.41) is 14.0. The van der Waals surface area contributed by atoms with Gasteiger partial charge < -0.3 is 24.6 Å². The summed E-state index contributed by atoms with van der Waals surface area (Å²) in [6.45, 7) is 3.22. The van der Waals surface area contributed by atoms with E-state index in [1.165, 1.54) is 6.33 Å². The molecule has 0 saturated carbocycles. The third kappa shape index (κ3) is 4.73. The number of ether oxygens (including phenoxy) is 1. The van der Waals surface area contributed by atoms with Gasteiger partial charge in [0.2, 0.25) is 5.95 Å². The van der Waals surface area contributed by atoms with Gasteiger partial charge in [-0.05, 0) is 50.1 Å². The van der Waals surface area contributed by atoms with Crippen LogP contribution in [0.15, 0.2) is 55.2 Å². The lowest BCUT2D eigenvalue weighted by atomic mass is 9.94. The van der Waals surface area contributed by atoms with Gasteiger partial charge in [-0.25, -0.2) is 24.9 Å². The van der Waals surface area contributed by atoms with Crippen molar-refractivity contribution in [3.05, 3.63) is 60.3 Å². The highest BCUT2D eigenvalue weighted by Crippen LogP contribution is 2.34. The van der Waals surface area contributed by atoms with Crippen molar-refractivity contribution in [2.24, 2.45) is 7.05 Å². The SMILES string of the molecule is Cn1cnc2cc(Oc3ccc(Nc4ncnc5cnc(N6CCC(C)(O)CC6)nc45)cc3Cl)ccc21. The molecule has 188 valence electrons. The zero-order valence-electron chi connectivity index (χ0n) is 20.4. The van der Waals surface area contributed by atoms with E-state index in [0.29, 0.717) is 65.3 Å². The van der Waals surface area contributed by atoms with E-state index in [-0.39, 0.29) is 0 Å². The lowest BCUT2D eigenvalue weighted by Gasteiger charge is -2.35. The van der Waals surface area contributed by atoms with Crippen molar-refractivity contribution in [2.75, 3.05) is 23.3 Å². The molecule has 2 aromatic carbocycles. The Morgan fingerprint density at radius 3 is 2.68 bits per heavy atom. The number of halogens is 1. The summed E-state index contributed by atoms with van der Waals surface area (Å²) in [4.78, 5) is 24.4. The van der Waals surface area contributed by atoms with Crippen LogP contribution in [0.3, 0.4) is 0 Å². The molecule has 1 saturated heterocycles. The molecule has 1 fully saturated rings. The van der Waals surface area contributed by atoms with Crippen molar-refractivity contribution in [2.45, 2.75) is 25.4 Å². The molecule has 4 heterocycles. The van der Waals surface area contributed by atoms with Crippen LogP contribution in [0.4, 0.5) is 17.5 Å². The first-order valence-electron chi connectivity index (χ1n) is 12.0. The molecular formula is C26H25ClN8O2. The highest BCUT2D eigenvalue weighted by Gasteiger charge is 2.28. The fourth-order valence-corrected chi connectivity index (χ4v) is 4.60. The summed E-state index contributed by atoms with van der Waals surface area (Å²) in [6.07, 6.45) is 6.25. The molecule has 0 bridgehead atoms. The molecule has 0 aliphatic carbocycles. The van der Waals surface area contributed by atoms with Crippen LogP contribution in [-0.2, 0) is 7.05 Å². The second-order valence-electron chi connectivity index (χ2n) is 9.49. The molecule has 11 heteroatoms. The van der Waals surface area contributed by atoms with E-state index in [9.17, 15) is 5.11 Å². The number of imidazole rings is 1. The first-order valence-corrected chi connectivity index (χ1v) is 12.3. The maximum Gasteiger partial charge on any atom is 0.226 e. The Balaban J connectivity index is 1.23. The van der Waals surface area contributed by atoms with Gasteiger partial charge >= 0.3 is 0 Å². The van der Waals surface area contributed by atoms with E-state index in [2.05, 4.69) is 30.2 Å². The van der Waals surface area contributed by atoms with Crippen molar-refractivity contribution in [1.29, 1.82) is 0 Å². The van der Waals surface area contributed by atoms with Gasteiger partial charge in [-0.1, -0.05) is 11.6 Å². The molecule has 5 aromatic rings. The Morgan fingerprint density at radius 1 is 1.03 bits per heavy atom. The predicted octanol–water partition coefficient (Wildman–Crippen LogP) is 4.85. The number of hydrogen-bond acceptors (Lipinski definition) is 9. The second-order valence-corrected chi connectivity index (χ2v) is 9.90. The first kappa shape index (κ1) is 23.4. The predicted molar refractivity (Wildman–Crippen MR) is 143 cm³/mol. The fourth-order valence-electron chi connectivity index (χ4n) is 4.38. The maximum absolute atomic E-state index is 10.3. The van der Waals surface area contributed by atoms with Crippen molar-refractivity contribution >= 4 is 51.1 Å². The molecule has 1 aliphatic heterocycles. The normalized spacial score (nSPS) is 15.3. The minimum atomic E-state index is -0.649. The zero-order chi connectivity index (χ0) is 25.6. The molecule has 6 rings (SSSR count). The summed E-state index contributed by atoms with van der Waals surface area (Å²) in [5.74, 6) is 2.31. The minimum absolute atomic E-state index is 0.445. The van der Waals surface area contributed by atoms with Crippen LogP contribution in [0.25, 0.3) is 22.1 Å². The Bertz CT molecular complexity index is 1610. The van der Waals surface area contributed by atoms with Crippen LogP contribution >= 0.6 is 11.6 Å². The smallest absolute Gasteiger partial charge is 0.226 e. The van der Waals surface area contributed by atoms with E-state index >= 15 is 0 Å². The Hall–Kier alpha value is -4.02. The third-order valence-electron chi connectivity index (χ3n) is 6.61. The second kappa shape index (κ2) is 9.13. The standard InChI is InChI=1S/C26H25ClN8O2/c1-26(36)7-9-35(10-8-26)25-28-13-20-23(33-25)24(30-14-29-20)32-16-3-6-22(18(27)11-16)37-17-4-5-21-19(12-17)31-15-34(21)2/h3-6,11-15,36H,7-10H2,1-2H3,(H,29,30,32). The van der Waals surface area contributed by atoms with Crippen LogP contribution in [0.5, 0.6) is 11.5 Å². The van der Waals surface area contributed by atoms with Crippen LogP contribution < -0.4 is 15.0 Å². The number of aryl methyl sites for hydroxylation is 1. The maximum atomic E-state index is 10.3. The van der Waals surface area contributed by atoms with Gasteiger partial charge in [-0.2, -0.15) is 0 Å². The summed E-state index contributed by atoms with van der Waals surface area (Å²) in [6, 6.07) is 11.2. The van der Waals surface area contributed by atoms with Crippen molar-refractivity contribution in [3.8, 4) is 11.5 Å². The van der Waals surface area contributed by atoms with Gasteiger partial charge in [-0.15, -0.1) is 0 Å². The zero-order valence-corrected chi connectivity index (χ0v) is 21.1. The van der Waals surface area contributed by atoms with Gasteiger partial charge in [-0.3, -0.25) is 0 Å². The van der Waals surface area contributed by atoms with Gasteiger partial charge in [0, 0.05) is 31.9 Å². The lowest BCUT2D eigenvalue weighted by Crippen LogP contribution is -2.43. The molecule has 2 N–H and O–H groups in total. The molecule has 1 aliphatic rings. The number of hydrogen-bond donors (Lipinski definition) is 2. The molecule has 0 amide bonds. The third-order valence-corrected chi connectivity index (χ3v) is 6.90. The number of nitrogens with one attached hydrogen (secondary N) is 1. The number of benzene rings is 2. The molecular weight excluding hydrogens is 492 g/mol. The molecule has 0 atom stereocenters. The van der Waals surface area contributed by atoms with Gasteiger partial charge in [0.05, 0.1) is 34.2 Å². The summed E-state index contributed by atoms with van der Waals surface area (Å²) >= 11 is 6.57. The van der Waals surface area contributed by atoms with E-state index < -0.39 is 5.60 Å². The van der Waals surface area contributed by atoms with Crippen LogP contribution in [0.2, 0.25) is 5.02 Å². The van der Waals surface area contributed by atoms with Gasteiger partial charge in [0.1, 0.15) is 28.9 Å². The van der Waals surface area contributed by atoms with Gasteiger partial charge in [0.25, 0.3) is 0 Å². The van der Waals surface area contributed by atoms with Crippen molar-refractivity contribution in [1.82, 2.24) is 29.5 Å². The fraction of sp³-hybridized carbons (Fsp3) is 0.269. The average molecular weight is 517 g/mol. The number of anilines is 3. The Kier molecular flexibility index (Phi) is 5.77. The van der Waals surface area contributed by atoms with Crippen LogP contribution in [-0.4, -0.2) is 53.3 Å². The molecule has 37 heavy (non-hydrogen) atoms. The summed E-state index contributed by atoms with van der Waals surface area (Å²) < 4.78 is 7.97. The summed E-state index contributed by atoms with van der Waals surface area (Å²) in [7, 11) is 1.95. The quantitative estimate of drug-likeness (QED) is 0.338. The molecule has 3 aromatic heterocycles. The van der Waals surface area contributed by atoms with E-state index in [0.717, 1.165) is 16.7 Å². The number of nitrogens with zero attached hydrogens (tertiary/aromatic N) is 7. The number of aliphatic hydroxyl groups is 1. The van der Waals surface area contributed by atoms with Crippen LogP contribution in [0.1, 0.15) is 19.8 Å². The molecule has 0 spiro atoms. The topological polar surface area (TPSA) is 114 Å². The number of piperidine rings is 1.